The van der Waals surface area contributed by atoms with Gasteiger partial charge in [-0.25, -0.2) is 4.79 Å². The molecule has 0 spiro atoms. The minimum absolute atomic E-state index is 0.331. The Morgan fingerprint density at radius 2 is 2.24 bits per heavy atom. The van der Waals surface area contributed by atoms with Crippen molar-refractivity contribution >= 4 is 28.0 Å². The predicted molar refractivity (Wildman–Crippen MR) is 84.1 cm³/mol. The number of aromatic nitrogens is 1. The number of halogens is 1. The molecule has 2 rings (SSSR count). The Balaban J connectivity index is 2.26. The van der Waals surface area contributed by atoms with Crippen LogP contribution in [0.25, 0.3) is 6.08 Å². The second-order valence-electron chi connectivity index (χ2n) is 4.42. The Hall–Kier alpha value is -2.14. The molecule has 0 aliphatic carbocycles. The molecule has 0 amide bonds. The molecule has 2 aromatic rings. The predicted octanol–water partition coefficient (Wildman–Crippen LogP) is 3.83. The van der Waals surface area contributed by atoms with Crippen molar-refractivity contribution in [2.24, 2.45) is 0 Å². The number of ether oxygens (including phenoxy) is 1. The zero-order valence-electron chi connectivity index (χ0n) is 11.4. The minimum Gasteiger partial charge on any atom is -0.486 e. The van der Waals surface area contributed by atoms with Gasteiger partial charge in [0.1, 0.15) is 12.4 Å². The molecule has 0 saturated carbocycles. The molecule has 1 N–H and O–H groups in total. The van der Waals surface area contributed by atoms with E-state index >= 15 is 0 Å². The van der Waals surface area contributed by atoms with E-state index in [1.807, 2.05) is 37.3 Å². The number of benzene rings is 1. The fraction of sp³-hybridized carbons (Fsp3) is 0.125. The molecule has 0 atom stereocenters. The lowest BCUT2D eigenvalue weighted by Gasteiger charge is -2.12. The zero-order chi connectivity index (χ0) is 15.2. The van der Waals surface area contributed by atoms with Gasteiger partial charge in [-0.1, -0.05) is 22.0 Å². The molecule has 0 fully saturated rings. The number of aliphatic carboxylic acids is 1. The second-order valence-corrected chi connectivity index (χ2v) is 5.34. The summed E-state index contributed by atoms with van der Waals surface area (Å²) >= 11 is 3.40. The summed E-state index contributed by atoms with van der Waals surface area (Å²) in [5.41, 5.74) is 2.44. The van der Waals surface area contributed by atoms with Gasteiger partial charge in [-0.05, 0) is 42.8 Å². The molecule has 0 unspecified atom stereocenters. The number of hydrogen-bond acceptors (Lipinski definition) is 3. The molecular formula is C16H14BrNO3. The van der Waals surface area contributed by atoms with Crippen LogP contribution >= 0.6 is 15.9 Å². The number of carboxylic acid groups (broad SMARTS) is 1. The maximum absolute atomic E-state index is 10.7. The molecule has 0 radical (unpaired) electrons. The van der Waals surface area contributed by atoms with Gasteiger partial charge >= 0.3 is 5.97 Å². The van der Waals surface area contributed by atoms with E-state index < -0.39 is 5.97 Å². The van der Waals surface area contributed by atoms with E-state index in [4.69, 9.17) is 9.84 Å². The molecule has 0 aliphatic heterocycles. The first-order valence-electron chi connectivity index (χ1n) is 6.30. The molecule has 21 heavy (non-hydrogen) atoms. The standard InChI is InChI=1S/C16H14BrNO3/c1-11-8-13(17)9-12(5-6-15(19)20)16(11)21-10-14-4-2-3-7-18-14/h2-9H,10H2,1H3,(H,19,20)/b6-5+. The lowest BCUT2D eigenvalue weighted by atomic mass is 10.1. The van der Waals surface area contributed by atoms with Crippen molar-refractivity contribution in [1.29, 1.82) is 0 Å². The number of nitrogens with zero attached hydrogens (tertiary/aromatic N) is 1. The summed E-state index contributed by atoms with van der Waals surface area (Å²) in [6.07, 6.45) is 4.32. The smallest absolute Gasteiger partial charge is 0.328 e. The Bertz CT molecular complexity index is 669. The van der Waals surface area contributed by atoms with Crippen molar-refractivity contribution in [3.05, 3.63) is 63.9 Å². The summed E-state index contributed by atoms with van der Waals surface area (Å²) in [4.78, 5) is 14.9. The van der Waals surface area contributed by atoms with Gasteiger partial charge in [0, 0.05) is 22.3 Å². The summed E-state index contributed by atoms with van der Waals surface area (Å²) < 4.78 is 6.68. The van der Waals surface area contributed by atoms with Crippen LogP contribution in [0.4, 0.5) is 0 Å². The van der Waals surface area contributed by atoms with Crippen LogP contribution in [-0.4, -0.2) is 16.1 Å². The van der Waals surface area contributed by atoms with Gasteiger partial charge in [0.25, 0.3) is 0 Å². The van der Waals surface area contributed by atoms with Gasteiger partial charge in [0.05, 0.1) is 5.69 Å². The van der Waals surface area contributed by atoms with Gasteiger partial charge in [-0.3, -0.25) is 4.98 Å². The van der Waals surface area contributed by atoms with Crippen LogP contribution in [0.1, 0.15) is 16.8 Å². The highest BCUT2D eigenvalue weighted by Gasteiger charge is 2.08. The first-order valence-corrected chi connectivity index (χ1v) is 7.09. The van der Waals surface area contributed by atoms with Gasteiger partial charge in [-0.15, -0.1) is 0 Å². The first kappa shape index (κ1) is 15.3. The molecule has 108 valence electrons. The second kappa shape index (κ2) is 7.04. The fourth-order valence-corrected chi connectivity index (χ4v) is 2.46. The van der Waals surface area contributed by atoms with E-state index in [1.54, 1.807) is 6.20 Å². The highest BCUT2D eigenvalue weighted by Crippen LogP contribution is 2.29. The number of aryl methyl sites for hydroxylation is 1. The van der Waals surface area contributed by atoms with Crippen molar-refractivity contribution < 1.29 is 14.6 Å². The molecule has 4 nitrogen and oxygen atoms in total. The normalized spacial score (nSPS) is 10.8. The monoisotopic (exact) mass is 347 g/mol. The van der Waals surface area contributed by atoms with Crippen molar-refractivity contribution in [3.8, 4) is 5.75 Å². The molecular weight excluding hydrogens is 334 g/mol. The molecule has 0 bridgehead atoms. The number of hydrogen-bond donors (Lipinski definition) is 1. The van der Waals surface area contributed by atoms with E-state index in [2.05, 4.69) is 20.9 Å². The van der Waals surface area contributed by atoms with Gasteiger partial charge in [0.2, 0.25) is 0 Å². The van der Waals surface area contributed by atoms with E-state index in [-0.39, 0.29) is 0 Å². The van der Waals surface area contributed by atoms with Crippen molar-refractivity contribution in [2.45, 2.75) is 13.5 Å². The van der Waals surface area contributed by atoms with E-state index in [9.17, 15) is 4.79 Å². The lowest BCUT2D eigenvalue weighted by Crippen LogP contribution is -2.01. The van der Waals surface area contributed by atoms with Gasteiger partial charge in [0.15, 0.2) is 0 Å². The van der Waals surface area contributed by atoms with E-state index in [0.29, 0.717) is 17.9 Å². The van der Waals surface area contributed by atoms with Crippen LogP contribution in [0.3, 0.4) is 0 Å². The average Bonchev–Trinajstić information content (AvgIpc) is 2.45. The molecule has 1 aromatic carbocycles. The van der Waals surface area contributed by atoms with Crippen LogP contribution in [0, 0.1) is 6.92 Å². The third-order valence-corrected chi connectivity index (χ3v) is 3.22. The Labute approximate surface area is 131 Å². The SMILES string of the molecule is Cc1cc(Br)cc(/C=C/C(=O)O)c1OCc1ccccn1. The topological polar surface area (TPSA) is 59.4 Å². The van der Waals surface area contributed by atoms with Crippen LogP contribution < -0.4 is 4.74 Å². The van der Waals surface area contributed by atoms with E-state index in [0.717, 1.165) is 21.8 Å². The molecule has 0 aliphatic rings. The first-order chi connectivity index (χ1) is 10.1. The summed E-state index contributed by atoms with van der Waals surface area (Å²) in [5.74, 6) is -0.343. The number of pyridine rings is 1. The molecule has 1 heterocycles. The average molecular weight is 348 g/mol. The maximum Gasteiger partial charge on any atom is 0.328 e. The number of carbonyl (C=O) groups is 1. The van der Waals surface area contributed by atoms with Crippen molar-refractivity contribution in [1.82, 2.24) is 4.98 Å². The number of carboxylic acids is 1. The highest BCUT2D eigenvalue weighted by molar-refractivity contribution is 9.10. The fourth-order valence-electron chi connectivity index (χ4n) is 1.87. The lowest BCUT2D eigenvalue weighted by molar-refractivity contribution is -0.131. The van der Waals surface area contributed by atoms with Crippen LogP contribution in [0.15, 0.2) is 47.1 Å². The molecule has 0 saturated heterocycles. The quantitative estimate of drug-likeness (QED) is 0.835. The third-order valence-electron chi connectivity index (χ3n) is 2.76. The molecule has 5 heteroatoms. The van der Waals surface area contributed by atoms with Crippen LogP contribution in [-0.2, 0) is 11.4 Å². The summed E-state index contributed by atoms with van der Waals surface area (Å²) in [6, 6.07) is 9.35. The molecule has 1 aromatic heterocycles. The van der Waals surface area contributed by atoms with Gasteiger partial charge in [-0.2, -0.15) is 0 Å². The van der Waals surface area contributed by atoms with Crippen LogP contribution in [0.5, 0.6) is 5.75 Å². The maximum atomic E-state index is 10.7. The van der Waals surface area contributed by atoms with Crippen molar-refractivity contribution in [3.63, 3.8) is 0 Å². The van der Waals surface area contributed by atoms with Gasteiger partial charge < -0.3 is 9.84 Å². The Morgan fingerprint density at radius 1 is 1.43 bits per heavy atom. The minimum atomic E-state index is -0.997. The highest BCUT2D eigenvalue weighted by atomic mass is 79.9. The summed E-state index contributed by atoms with van der Waals surface area (Å²) in [7, 11) is 0. The van der Waals surface area contributed by atoms with Crippen molar-refractivity contribution in [2.75, 3.05) is 0 Å². The zero-order valence-corrected chi connectivity index (χ0v) is 13.0. The summed E-state index contributed by atoms with van der Waals surface area (Å²) in [5, 5.41) is 8.76. The Kier molecular flexibility index (Phi) is 5.11. The number of rotatable bonds is 5. The van der Waals surface area contributed by atoms with E-state index in [1.165, 1.54) is 6.08 Å². The Morgan fingerprint density at radius 3 is 2.90 bits per heavy atom. The third kappa shape index (κ3) is 4.43. The van der Waals surface area contributed by atoms with Crippen LogP contribution in [0.2, 0.25) is 0 Å². The summed E-state index contributed by atoms with van der Waals surface area (Å²) in [6.45, 7) is 2.24. The largest absolute Gasteiger partial charge is 0.486 e.